The van der Waals surface area contributed by atoms with E-state index >= 15 is 0 Å². The highest BCUT2D eigenvalue weighted by atomic mass is 32.1. The molecule has 1 aromatic carbocycles. The third kappa shape index (κ3) is 6.09. The lowest BCUT2D eigenvalue weighted by atomic mass is 10.1. The predicted molar refractivity (Wildman–Crippen MR) is 126 cm³/mol. The van der Waals surface area contributed by atoms with Gasteiger partial charge in [-0.05, 0) is 37.8 Å². The van der Waals surface area contributed by atoms with E-state index in [0.29, 0.717) is 52.6 Å². The van der Waals surface area contributed by atoms with E-state index in [4.69, 9.17) is 0 Å². The Hall–Kier alpha value is -2.35. The number of benzene rings is 1. The Kier molecular flexibility index (Phi) is 8.12. The normalized spacial score (nSPS) is 12.7. The summed E-state index contributed by atoms with van der Waals surface area (Å²) in [6.45, 7) is 9.78. The second-order valence-corrected chi connectivity index (χ2v) is 9.12. The van der Waals surface area contributed by atoms with Crippen molar-refractivity contribution in [3.05, 3.63) is 64.3 Å². The van der Waals surface area contributed by atoms with Gasteiger partial charge in [-0.3, -0.25) is 9.69 Å². The van der Waals surface area contributed by atoms with Crippen LogP contribution >= 0.6 is 11.3 Å². The molecule has 1 atom stereocenters. The zero-order chi connectivity index (χ0) is 22.4. The highest BCUT2D eigenvalue weighted by Gasteiger charge is 2.18. The Morgan fingerprint density at radius 2 is 2.06 bits per heavy atom. The van der Waals surface area contributed by atoms with Crippen LogP contribution in [0.25, 0.3) is 21.3 Å². The number of H-pyrrole nitrogens is 1. The summed E-state index contributed by atoms with van der Waals surface area (Å²) in [5, 5.41) is 12.6. The number of aliphatic hydroxyl groups is 1. The number of halogens is 1. The molecule has 0 amide bonds. The second-order valence-electron chi connectivity index (χ2n) is 8.26. The van der Waals surface area contributed by atoms with Gasteiger partial charge in [0.25, 0.3) is 5.56 Å². The second kappa shape index (κ2) is 10.8. The summed E-state index contributed by atoms with van der Waals surface area (Å²) in [6.07, 6.45) is 3.74. The number of fused-ring (bicyclic) bond motifs is 1. The molecule has 2 heterocycles. The Morgan fingerprint density at radius 1 is 1.29 bits per heavy atom. The summed E-state index contributed by atoms with van der Waals surface area (Å²) < 4.78 is 14.3. The first-order valence-electron chi connectivity index (χ1n) is 10.7. The molecule has 0 saturated carbocycles. The SMILES string of the molecule is C=CCCC(O)CN(CCC(C)C)Cc1nc2scc(-c3ccccc3F)c2c(=O)[nH]1. The molecule has 0 saturated heterocycles. The number of nitrogens with zero attached hydrogens (tertiary/aromatic N) is 2. The van der Waals surface area contributed by atoms with Crippen molar-refractivity contribution in [3.8, 4) is 11.1 Å². The molecule has 0 aliphatic carbocycles. The minimum Gasteiger partial charge on any atom is -0.392 e. The summed E-state index contributed by atoms with van der Waals surface area (Å²) in [5.74, 6) is 0.723. The highest BCUT2D eigenvalue weighted by Crippen LogP contribution is 2.32. The Bertz CT molecular complexity index is 1080. The van der Waals surface area contributed by atoms with Crippen molar-refractivity contribution in [1.82, 2.24) is 14.9 Å². The number of aromatic nitrogens is 2. The average molecular weight is 444 g/mol. The lowest BCUT2D eigenvalue weighted by Crippen LogP contribution is -2.34. The molecule has 2 N–H and O–H groups in total. The van der Waals surface area contributed by atoms with E-state index in [2.05, 4.69) is 35.3 Å². The lowest BCUT2D eigenvalue weighted by Gasteiger charge is -2.25. The highest BCUT2D eigenvalue weighted by molar-refractivity contribution is 7.17. The maximum absolute atomic E-state index is 14.3. The largest absolute Gasteiger partial charge is 0.392 e. The molecule has 0 spiro atoms. The third-order valence-corrected chi connectivity index (χ3v) is 6.10. The number of hydrogen-bond acceptors (Lipinski definition) is 5. The first kappa shape index (κ1) is 23.3. The number of aromatic amines is 1. The van der Waals surface area contributed by atoms with Gasteiger partial charge in [-0.1, -0.05) is 38.1 Å². The van der Waals surface area contributed by atoms with E-state index in [-0.39, 0.29) is 11.4 Å². The summed E-state index contributed by atoms with van der Waals surface area (Å²) in [4.78, 5) is 23.1. The first-order valence-corrected chi connectivity index (χ1v) is 11.5. The summed E-state index contributed by atoms with van der Waals surface area (Å²) in [6, 6.07) is 6.44. The smallest absolute Gasteiger partial charge is 0.260 e. The Labute approximate surface area is 186 Å². The third-order valence-electron chi connectivity index (χ3n) is 5.23. The maximum atomic E-state index is 14.3. The maximum Gasteiger partial charge on any atom is 0.260 e. The van der Waals surface area contributed by atoms with Crippen LogP contribution in [0.2, 0.25) is 0 Å². The predicted octanol–water partition coefficient (Wildman–Crippen LogP) is 4.97. The van der Waals surface area contributed by atoms with Crippen LogP contribution in [0, 0.1) is 11.7 Å². The van der Waals surface area contributed by atoms with Gasteiger partial charge >= 0.3 is 0 Å². The molecule has 166 valence electrons. The summed E-state index contributed by atoms with van der Waals surface area (Å²) in [5.41, 5.74) is 0.697. The van der Waals surface area contributed by atoms with Crippen LogP contribution < -0.4 is 5.56 Å². The van der Waals surface area contributed by atoms with E-state index in [1.807, 2.05) is 0 Å². The van der Waals surface area contributed by atoms with Crippen LogP contribution in [0.5, 0.6) is 0 Å². The molecule has 1 unspecified atom stereocenters. The van der Waals surface area contributed by atoms with Crippen molar-refractivity contribution in [2.75, 3.05) is 13.1 Å². The molecule has 5 nitrogen and oxygen atoms in total. The van der Waals surface area contributed by atoms with E-state index in [1.165, 1.54) is 17.4 Å². The number of aliphatic hydroxyl groups excluding tert-OH is 1. The molecule has 7 heteroatoms. The fraction of sp³-hybridized carbons (Fsp3) is 0.417. The molecule has 3 aromatic rings. The molecule has 2 aromatic heterocycles. The molecule has 0 bridgehead atoms. The van der Waals surface area contributed by atoms with E-state index in [9.17, 15) is 14.3 Å². The summed E-state index contributed by atoms with van der Waals surface area (Å²) in [7, 11) is 0. The zero-order valence-corrected chi connectivity index (χ0v) is 18.9. The van der Waals surface area contributed by atoms with Gasteiger partial charge in [-0.15, -0.1) is 17.9 Å². The van der Waals surface area contributed by atoms with E-state index in [1.54, 1.807) is 29.7 Å². The fourth-order valence-corrected chi connectivity index (χ4v) is 4.49. The number of hydrogen-bond donors (Lipinski definition) is 2. The Morgan fingerprint density at radius 3 is 2.77 bits per heavy atom. The molecule has 3 rings (SSSR count). The van der Waals surface area contributed by atoms with Gasteiger partial charge in [-0.2, -0.15) is 0 Å². The molecule has 0 aliphatic heterocycles. The first-order chi connectivity index (χ1) is 14.9. The number of thiophene rings is 1. The lowest BCUT2D eigenvalue weighted by molar-refractivity contribution is 0.0981. The van der Waals surface area contributed by atoms with Crippen LogP contribution in [-0.2, 0) is 6.54 Å². The number of nitrogens with one attached hydrogen (secondary N) is 1. The molecular formula is C24H30FN3O2S. The summed E-state index contributed by atoms with van der Waals surface area (Å²) >= 11 is 1.34. The molecule has 0 fully saturated rings. The van der Waals surface area contributed by atoms with Gasteiger partial charge in [0.2, 0.25) is 0 Å². The minimum absolute atomic E-state index is 0.268. The van der Waals surface area contributed by atoms with Gasteiger partial charge in [-0.25, -0.2) is 9.37 Å². The van der Waals surface area contributed by atoms with Crippen LogP contribution in [0.3, 0.4) is 0 Å². The van der Waals surface area contributed by atoms with Crippen molar-refractivity contribution in [2.24, 2.45) is 5.92 Å². The standard InChI is InChI=1S/C24H30FN3O2S/c1-4-5-8-17(29)13-28(12-11-16(2)3)14-21-26-23(30)22-19(15-31-24(22)27-21)18-9-6-7-10-20(18)25/h4,6-7,9-10,15-17,29H,1,5,8,11-14H2,2-3H3,(H,26,27,30). The number of rotatable bonds is 11. The van der Waals surface area contributed by atoms with Crippen molar-refractivity contribution in [2.45, 2.75) is 45.8 Å². The van der Waals surface area contributed by atoms with Gasteiger partial charge < -0.3 is 10.1 Å². The molecule has 31 heavy (non-hydrogen) atoms. The van der Waals surface area contributed by atoms with Crippen LogP contribution in [0.4, 0.5) is 4.39 Å². The fourth-order valence-electron chi connectivity index (χ4n) is 3.53. The number of allylic oxidation sites excluding steroid dienone is 1. The zero-order valence-electron chi connectivity index (χ0n) is 18.1. The minimum atomic E-state index is -0.463. The van der Waals surface area contributed by atoms with Crippen molar-refractivity contribution in [3.63, 3.8) is 0 Å². The van der Waals surface area contributed by atoms with Crippen LogP contribution in [-0.4, -0.2) is 39.2 Å². The van der Waals surface area contributed by atoms with E-state index < -0.39 is 6.10 Å². The van der Waals surface area contributed by atoms with Gasteiger partial charge in [0.05, 0.1) is 18.0 Å². The topological polar surface area (TPSA) is 69.2 Å². The van der Waals surface area contributed by atoms with E-state index in [0.717, 1.165) is 19.4 Å². The molecule has 0 aliphatic rings. The quantitative estimate of drug-likeness (QED) is 0.411. The van der Waals surface area contributed by atoms with Crippen LogP contribution in [0.1, 0.15) is 38.9 Å². The van der Waals surface area contributed by atoms with Crippen molar-refractivity contribution < 1.29 is 9.50 Å². The average Bonchev–Trinajstić information content (AvgIpc) is 3.15. The van der Waals surface area contributed by atoms with Crippen molar-refractivity contribution in [1.29, 1.82) is 0 Å². The van der Waals surface area contributed by atoms with Gasteiger partial charge in [0.15, 0.2) is 0 Å². The van der Waals surface area contributed by atoms with Gasteiger partial charge in [0.1, 0.15) is 16.5 Å². The molecular weight excluding hydrogens is 413 g/mol. The van der Waals surface area contributed by atoms with Crippen LogP contribution in [0.15, 0.2) is 47.1 Å². The Balaban J connectivity index is 1.86. The van der Waals surface area contributed by atoms with Crippen molar-refractivity contribution >= 4 is 21.6 Å². The van der Waals surface area contributed by atoms with Gasteiger partial charge in [0, 0.05) is 23.1 Å². The molecule has 0 radical (unpaired) electrons. The monoisotopic (exact) mass is 443 g/mol.